The highest BCUT2D eigenvalue weighted by molar-refractivity contribution is 5.86. The maximum atomic E-state index is 4.88. The van der Waals surface area contributed by atoms with Gasteiger partial charge in [0, 0.05) is 0 Å². The molecule has 6 heteroatoms. The third kappa shape index (κ3) is 5.49. The lowest BCUT2D eigenvalue weighted by Crippen LogP contribution is -2.09. The molecule has 0 spiro atoms. The average molecular weight is 527 g/mol. The molecule has 6 nitrogen and oxygen atoms in total. The van der Waals surface area contributed by atoms with E-state index in [9.17, 15) is 0 Å². The highest BCUT2D eigenvalue weighted by atomic mass is 15.4. The number of hydrogen-bond donors (Lipinski definition) is 1. The molecule has 0 atom stereocenters. The van der Waals surface area contributed by atoms with Crippen molar-refractivity contribution < 1.29 is 0 Å². The molecule has 2 heterocycles. The molecule has 2 saturated carbocycles. The zero-order valence-electron chi connectivity index (χ0n) is 24.1. The maximum Gasteiger partial charge on any atom is 0.117 e. The summed E-state index contributed by atoms with van der Waals surface area (Å²) in [5, 5.41) is 21.9. The van der Waals surface area contributed by atoms with Crippen LogP contribution in [0.5, 0.6) is 0 Å². The van der Waals surface area contributed by atoms with E-state index in [4.69, 9.17) is 10.3 Å². The van der Waals surface area contributed by atoms with Crippen LogP contribution in [0, 0.1) is 13.8 Å². The maximum absolute atomic E-state index is 4.88. The fraction of sp³-hybridized carbons (Fsp3) is 0.636. The van der Waals surface area contributed by atoms with Gasteiger partial charge in [-0.05, 0) is 85.8 Å². The van der Waals surface area contributed by atoms with Gasteiger partial charge in [0.05, 0.1) is 11.2 Å². The number of aryl methyl sites for hydroxylation is 1. The van der Waals surface area contributed by atoms with Crippen LogP contribution in [0.4, 0.5) is 0 Å². The number of rotatable bonds is 3. The van der Waals surface area contributed by atoms with E-state index in [0.29, 0.717) is 11.8 Å². The summed E-state index contributed by atoms with van der Waals surface area (Å²) in [6, 6.07) is 6.71. The lowest BCUT2D eigenvalue weighted by Gasteiger charge is -2.23. The highest BCUT2D eigenvalue weighted by Gasteiger charge is 2.25. The monoisotopic (exact) mass is 526 g/mol. The Morgan fingerprint density at radius 3 is 1.85 bits per heavy atom. The zero-order valence-corrected chi connectivity index (χ0v) is 24.1. The summed E-state index contributed by atoms with van der Waals surface area (Å²) in [7, 11) is 0. The van der Waals surface area contributed by atoms with E-state index in [1.54, 1.807) is 0 Å². The van der Waals surface area contributed by atoms with Crippen molar-refractivity contribution in [2.45, 2.75) is 135 Å². The van der Waals surface area contributed by atoms with Gasteiger partial charge in [0.15, 0.2) is 0 Å². The summed E-state index contributed by atoms with van der Waals surface area (Å²) in [6.07, 6.45) is 22.6. The lowest BCUT2D eigenvalue weighted by molar-refractivity contribution is 0.463. The quantitative estimate of drug-likeness (QED) is 0.289. The molecule has 0 radical (unpaired) electrons. The van der Waals surface area contributed by atoms with Gasteiger partial charge in [0.25, 0.3) is 0 Å². The molecule has 208 valence electrons. The molecule has 2 aromatic heterocycles. The third-order valence-electron chi connectivity index (χ3n) is 9.77. The van der Waals surface area contributed by atoms with Gasteiger partial charge >= 0.3 is 0 Å². The Balaban J connectivity index is 1.43. The van der Waals surface area contributed by atoms with Gasteiger partial charge < -0.3 is 0 Å². The zero-order chi connectivity index (χ0) is 26.6. The minimum Gasteiger partial charge on any atom is -0.212 e. The minimum absolute atomic E-state index is 0.516. The average Bonchev–Trinajstić information content (AvgIpc) is 3.61. The van der Waals surface area contributed by atoms with Crippen LogP contribution in [0.1, 0.15) is 143 Å². The van der Waals surface area contributed by atoms with E-state index in [0.717, 1.165) is 27.8 Å². The molecule has 39 heavy (non-hydrogen) atoms. The molecule has 2 aromatic carbocycles. The number of hydrogen-bond acceptors (Lipinski definition) is 4. The van der Waals surface area contributed by atoms with Crippen LogP contribution in [0.2, 0.25) is 0 Å². The molecule has 6 rings (SSSR count). The molecule has 4 aromatic rings. The molecule has 2 aliphatic carbocycles. The van der Waals surface area contributed by atoms with E-state index in [2.05, 4.69) is 52.1 Å². The molecule has 0 saturated heterocycles. The van der Waals surface area contributed by atoms with Crippen LogP contribution in [0.15, 0.2) is 18.2 Å². The van der Waals surface area contributed by atoms with Crippen LogP contribution in [0.25, 0.3) is 27.8 Å². The number of nitrogens with one attached hydrogen (secondary N) is 1. The third-order valence-corrected chi connectivity index (χ3v) is 9.77. The minimum atomic E-state index is 0.516. The topological polar surface area (TPSA) is 72.3 Å². The van der Waals surface area contributed by atoms with Crippen molar-refractivity contribution in [2.24, 2.45) is 0 Å². The van der Waals surface area contributed by atoms with Crippen molar-refractivity contribution in [3.63, 3.8) is 0 Å². The number of aromatic nitrogens is 6. The molecule has 0 unspecified atom stereocenters. The molecule has 2 aliphatic rings. The molecular weight excluding hydrogens is 480 g/mol. The van der Waals surface area contributed by atoms with Crippen molar-refractivity contribution in [1.82, 2.24) is 30.4 Å². The summed E-state index contributed by atoms with van der Waals surface area (Å²) in [5.74, 6) is 1.09. The van der Waals surface area contributed by atoms with Crippen LogP contribution in [-0.2, 0) is 0 Å². The Kier molecular flexibility index (Phi) is 8.26. The van der Waals surface area contributed by atoms with Crippen molar-refractivity contribution in [3.05, 3.63) is 40.5 Å². The number of fused-ring (bicyclic) bond motifs is 2. The lowest BCUT2D eigenvalue weighted by atomic mass is 9.83. The van der Waals surface area contributed by atoms with Gasteiger partial charge in [-0.15, -0.1) is 5.10 Å². The summed E-state index contributed by atoms with van der Waals surface area (Å²) >= 11 is 0. The predicted molar refractivity (Wildman–Crippen MR) is 160 cm³/mol. The molecule has 0 aliphatic heterocycles. The second kappa shape index (κ2) is 12.2. The standard InChI is InChI=1S/C33H46N6/c1-23-20-21-28-33(30(23)25-16-12-10-6-7-11-13-17-25)36-38-39(28)29-22-27-32(35-37-34-27)31(24(29)2)26-18-14-8-4-3-5-9-15-19-26/h20-22,25-26H,3-19H2,1-2H3,(H,34,35,37). The first-order chi connectivity index (χ1) is 19.2. The Bertz CT molecular complexity index is 1380. The second-order valence-electron chi connectivity index (χ2n) is 12.4. The van der Waals surface area contributed by atoms with Gasteiger partial charge in [0.1, 0.15) is 16.6 Å². The number of nitrogens with zero attached hydrogens (tertiary/aromatic N) is 5. The van der Waals surface area contributed by atoms with E-state index in [-0.39, 0.29) is 0 Å². The fourth-order valence-corrected chi connectivity index (χ4v) is 7.64. The van der Waals surface area contributed by atoms with E-state index < -0.39 is 0 Å². The van der Waals surface area contributed by atoms with Gasteiger partial charge in [-0.25, -0.2) is 4.68 Å². The van der Waals surface area contributed by atoms with Gasteiger partial charge in [-0.3, -0.25) is 0 Å². The second-order valence-corrected chi connectivity index (χ2v) is 12.4. The van der Waals surface area contributed by atoms with Crippen molar-refractivity contribution in [2.75, 3.05) is 0 Å². The Hall–Kier alpha value is -2.76. The van der Waals surface area contributed by atoms with Crippen LogP contribution in [-0.4, -0.2) is 30.4 Å². The van der Waals surface area contributed by atoms with E-state index in [1.807, 2.05) is 0 Å². The smallest absolute Gasteiger partial charge is 0.117 e. The SMILES string of the molecule is Cc1ccc2c(nnn2-c2cc3n[nH]nc3c(C3CCCCCCCCC3)c2C)c1C1CCCCCCCC1. The van der Waals surface area contributed by atoms with Crippen LogP contribution >= 0.6 is 0 Å². The first-order valence-electron chi connectivity index (χ1n) is 15.9. The number of benzene rings is 2. The van der Waals surface area contributed by atoms with Crippen molar-refractivity contribution in [3.8, 4) is 5.69 Å². The molecule has 0 amide bonds. The van der Waals surface area contributed by atoms with E-state index in [1.165, 1.54) is 131 Å². The summed E-state index contributed by atoms with van der Waals surface area (Å²) in [6.45, 7) is 4.54. The van der Waals surface area contributed by atoms with Gasteiger partial charge in [0.2, 0.25) is 0 Å². The summed E-state index contributed by atoms with van der Waals surface area (Å²) in [4.78, 5) is 0. The molecule has 1 N–H and O–H groups in total. The first-order valence-corrected chi connectivity index (χ1v) is 15.9. The number of aromatic amines is 1. The molecular formula is C33H46N6. The van der Waals surface area contributed by atoms with Crippen molar-refractivity contribution >= 4 is 22.1 Å². The largest absolute Gasteiger partial charge is 0.212 e. The number of H-pyrrole nitrogens is 1. The van der Waals surface area contributed by atoms with Crippen LogP contribution < -0.4 is 0 Å². The normalized spacial score (nSPS) is 19.6. The molecule has 2 fully saturated rings. The summed E-state index contributed by atoms with van der Waals surface area (Å²) < 4.78 is 2.10. The summed E-state index contributed by atoms with van der Waals surface area (Å²) in [5.41, 5.74) is 10.8. The van der Waals surface area contributed by atoms with E-state index >= 15 is 0 Å². The Morgan fingerprint density at radius 1 is 0.667 bits per heavy atom. The predicted octanol–water partition coefficient (Wildman–Crippen LogP) is 9.13. The van der Waals surface area contributed by atoms with Gasteiger partial charge in [-0.2, -0.15) is 15.4 Å². The fourth-order valence-electron chi connectivity index (χ4n) is 7.64. The van der Waals surface area contributed by atoms with Gasteiger partial charge in [-0.1, -0.05) is 94.8 Å². The Morgan fingerprint density at radius 2 is 1.23 bits per heavy atom. The van der Waals surface area contributed by atoms with Crippen molar-refractivity contribution in [1.29, 1.82) is 0 Å². The first kappa shape index (κ1) is 26.5. The van der Waals surface area contributed by atoms with Crippen LogP contribution in [0.3, 0.4) is 0 Å². The highest BCUT2D eigenvalue weighted by Crippen LogP contribution is 2.40. The Labute approximate surface area is 233 Å². The molecule has 0 bridgehead atoms.